The van der Waals surface area contributed by atoms with Crippen molar-refractivity contribution in [1.82, 2.24) is 0 Å². The first-order valence-corrected chi connectivity index (χ1v) is 6.26. The smallest absolute Gasteiger partial charge is 0.157 e. The van der Waals surface area contributed by atoms with Crippen molar-refractivity contribution in [2.45, 2.75) is 45.8 Å². The molecule has 0 aliphatic rings. The van der Waals surface area contributed by atoms with Gasteiger partial charge in [-0.2, -0.15) is 0 Å². The van der Waals surface area contributed by atoms with Crippen LogP contribution in [0.5, 0.6) is 0 Å². The summed E-state index contributed by atoms with van der Waals surface area (Å²) in [6.07, 6.45) is 4.72. The first-order chi connectivity index (χ1) is 6.35. The molecule has 0 aliphatic heterocycles. The summed E-state index contributed by atoms with van der Waals surface area (Å²) in [5.74, 6) is 0. The monoisotopic (exact) mass is 252 g/mol. The summed E-state index contributed by atoms with van der Waals surface area (Å²) < 4.78 is 10.9. The Labute approximate surface area is 90.1 Å². The van der Waals surface area contributed by atoms with Gasteiger partial charge in [0.2, 0.25) is 0 Å². The van der Waals surface area contributed by atoms with Crippen LogP contribution >= 0.6 is 15.9 Å². The first kappa shape index (κ1) is 13.4. The highest BCUT2D eigenvalue weighted by Gasteiger charge is 2.06. The van der Waals surface area contributed by atoms with Crippen molar-refractivity contribution in [3.63, 3.8) is 0 Å². The van der Waals surface area contributed by atoms with E-state index in [2.05, 4.69) is 15.9 Å². The Kier molecular flexibility index (Phi) is 10.8. The molecule has 80 valence electrons. The maximum absolute atomic E-state index is 5.43. The minimum Gasteiger partial charge on any atom is -0.353 e. The van der Waals surface area contributed by atoms with Crippen LogP contribution in [-0.2, 0) is 9.47 Å². The molecule has 0 spiro atoms. The van der Waals surface area contributed by atoms with Crippen LogP contribution in [0, 0.1) is 0 Å². The summed E-state index contributed by atoms with van der Waals surface area (Å²) in [7, 11) is 0. The molecule has 0 N–H and O–H groups in total. The molecule has 0 bridgehead atoms. The molecule has 0 amide bonds. The molecule has 0 aromatic carbocycles. The highest BCUT2D eigenvalue weighted by atomic mass is 79.9. The van der Waals surface area contributed by atoms with Crippen molar-refractivity contribution in [3.05, 3.63) is 0 Å². The lowest BCUT2D eigenvalue weighted by atomic mass is 10.2. The van der Waals surface area contributed by atoms with Gasteiger partial charge < -0.3 is 9.47 Å². The lowest BCUT2D eigenvalue weighted by Gasteiger charge is -2.16. The molecular weight excluding hydrogens is 232 g/mol. The number of halogens is 1. The molecule has 0 aliphatic carbocycles. The second kappa shape index (κ2) is 10.5. The van der Waals surface area contributed by atoms with Gasteiger partial charge in [0.25, 0.3) is 0 Å². The van der Waals surface area contributed by atoms with E-state index in [1.54, 1.807) is 0 Å². The lowest BCUT2D eigenvalue weighted by molar-refractivity contribution is -0.140. The van der Waals surface area contributed by atoms with Crippen molar-refractivity contribution in [1.29, 1.82) is 0 Å². The van der Waals surface area contributed by atoms with Gasteiger partial charge in [-0.25, -0.2) is 0 Å². The molecule has 0 saturated carbocycles. The van der Waals surface area contributed by atoms with Crippen molar-refractivity contribution in [3.8, 4) is 0 Å². The third-order valence-corrected chi connectivity index (χ3v) is 2.34. The van der Waals surface area contributed by atoms with Crippen LogP contribution in [0.4, 0.5) is 0 Å². The summed E-state index contributed by atoms with van der Waals surface area (Å²) in [6.45, 7) is 5.49. The molecule has 0 aromatic heterocycles. The molecular formula is C10H21BrO2. The molecule has 0 rings (SSSR count). The highest BCUT2D eigenvalue weighted by molar-refractivity contribution is 9.09. The van der Waals surface area contributed by atoms with E-state index in [9.17, 15) is 0 Å². The Bertz CT molecular complexity index is 92.9. The Hall–Kier alpha value is 0.400. The van der Waals surface area contributed by atoms with Crippen LogP contribution in [0.3, 0.4) is 0 Å². The van der Waals surface area contributed by atoms with Crippen LogP contribution in [0.1, 0.15) is 39.5 Å². The van der Waals surface area contributed by atoms with Crippen molar-refractivity contribution in [2.24, 2.45) is 0 Å². The highest BCUT2D eigenvalue weighted by Crippen LogP contribution is 2.09. The molecule has 13 heavy (non-hydrogen) atoms. The van der Waals surface area contributed by atoms with Crippen LogP contribution in [0.15, 0.2) is 0 Å². The van der Waals surface area contributed by atoms with Gasteiger partial charge >= 0.3 is 0 Å². The molecule has 0 atom stereocenters. The average molecular weight is 253 g/mol. The predicted molar refractivity (Wildman–Crippen MR) is 59.3 cm³/mol. The van der Waals surface area contributed by atoms with E-state index in [-0.39, 0.29) is 6.29 Å². The van der Waals surface area contributed by atoms with E-state index in [0.29, 0.717) is 0 Å². The number of rotatable bonds is 9. The minimum atomic E-state index is 0.0188. The van der Waals surface area contributed by atoms with Gasteiger partial charge in [0.05, 0.1) is 0 Å². The average Bonchev–Trinajstić information content (AvgIpc) is 2.13. The number of unbranched alkanes of at least 4 members (excludes halogenated alkanes) is 2. The van der Waals surface area contributed by atoms with E-state index in [0.717, 1.165) is 25.0 Å². The number of hydrogen-bond donors (Lipinski definition) is 0. The Morgan fingerprint density at radius 3 is 2.08 bits per heavy atom. The molecule has 0 fully saturated rings. The fourth-order valence-electron chi connectivity index (χ4n) is 1.17. The maximum atomic E-state index is 5.43. The second-order valence-corrected chi connectivity index (χ2v) is 3.67. The molecule has 0 heterocycles. The van der Waals surface area contributed by atoms with E-state index < -0.39 is 0 Å². The van der Waals surface area contributed by atoms with Crippen molar-refractivity contribution in [2.75, 3.05) is 18.5 Å². The third-order valence-electron chi connectivity index (χ3n) is 1.78. The van der Waals surface area contributed by atoms with Crippen LogP contribution < -0.4 is 0 Å². The zero-order valence-electron chi connectivity index (χ0n) is 8.72. The van der Waals surface area contributed by atoms with Crippen LogP contribution in [0.2, 0.25) is 0 Å². The minimum absolute atomic E-state index is 0.0188. The SMILES string of the molecule is CCOC(CCCCCBr)OCC. The van der Waals surface area contributed by atoms with E-state index in [1.807, 2.05) is 13.8 Å². The fraction of sp³-hybridized carbons (Fsp3) is 1.00. The summed E-state index contributed by atoms with van der Waals surface area (Å²) in [5, 5.41) is 1.10. The first-order valence-electron chi connectivity index (χ1n) is 5.14. The van der Waals surface area contributed by atoms with Gasteiger partial charge in [0.1, 0.15) is 0 Å². The van der Waals surface area contributed by atoms with Crippen LogP contribution in [0.25, 0.3) is 0 Å². The number of alkyl halides is 1. The van der Waals surface area contributed by atoms with Gasteiger partial charge in [-0.1, -0.05) is 22.4 Å². The number of ether oxygens (including phenoxy) is 2. The zero-order chi connectivity index (χ0) is 9.94. The van der Waals surface area contributed by atoms with Gasteiger partial charge in [0, 0.05) is 18.5 Å². The Balaban J connectivity index is 3.33. The van der Waals surface area contributed by atoms with E-state index >= 15 is 0 Å². The predicted octanol–water partition coefficient (Wildman–Crippen LogP) is 3.34. The summed E-state index contributed by atoms with van der Waals surface area (Å²) >= 11 is 3.42. The summed E-state index contributed by atoms with van der Waals surface area (Å²) in [5.41, 5.74) is 0. The molecule has 0 unspecified atom stereocenters. The molecule has 3 heteroatoms. The van der Waals surface area contributed by atoms with Gasteiger partial charge in [0.15, 0.2) is 6.29 Å². The molecule has 0 aromatic rings. The third kappa shape index (κ3) is 8.72. The molecule has 0 saturated heterocycles. The second-order valence-electron chi connectivity index (χ2n) is 2.88. The Morgan fingerprint density at radius 2 is 1.62 bits per heavy atom. The standard InChI is InChI=1S/C10H21BrO2/c1-3-12-10(13-4-2)8-6-5-7-9-11/h10H,3-9H2,1-2H3. The van der Waals surface area contributed by atoms with Crippen molar-refractivity contribution < 1.29 is 9.47 Å². The quantitative estimate of drug-likeness (QED) is 0.356. The summed E-state index contributed by atoms with van der Waals surface area (Å²) in [4.78, 5) is 0. The van der Waals surface area contributed by atoms with E-state index in [1.165, 1.54) is 19.3 Å². The summed E-state index contributed by atoms with van der Waals surface area (Å²) in [6, 6.07) is 0. The van der Waals surface area contributed by atoms with Crippen LogP contribution in [-0.4, -0.2) is 24.8 Å². The van der Waals surface area contributed by atoms with Gasteiger partial charge in [-0.05, 0) is 33.1 Å². The molecule has 2 nitrogen and oxygen atoms in total. The Morgan fingerprint density at radius 1 is 1.00 bits per heavy atom. The fourth-order valence-corrected chi connectivity index (χ4v) is 1.57. The van der Waals surface area contributed by atoms with E-state index in [4.69, 9.17) is 9.47 Å². The van der Waals surface area contributed by atoms with Gasteiger partial charge in [-0.3, -0.25) is 0 Å². The largest absolute Gasteiger partial charge is 0.353 e. The van der Waals surface area contributed by atoms with Crippen molar-refractivity contribution >= 4 is 15.9 Å². The lowest BCUT2D eigenvalue weighted by Crippen LogP contribution is -2.17. The number of hydrogen-bond acceptors (Lipinski definition) is 2. The molecule has 0 radical (unpaired) electrons. The topological polar surface area (TPSA) is 18.5 Å². The zero-order valence-corrected chi connectivity index (χ0v) is 10.3. The normalized spacial score (nSPS) is 11.1. The van der Waals surface area contributed by atoms with Gasteiger partial charge in [-0.15, -0.1) is 0 Å². The maximum Gasteiger partial charge on any atom is 0.157 e.